The number of aliphatic carboxylic acids is 1. The van der Waals surface area contributed by atoms with E-state index in [0.717, 1.165) is 11.1 Å². The number of benzene rings is 1. The van der Waals surface area contributed by atoms with Crippen molar-refractivity contribution in [3.63, 3.8) is 0 Å². The van der Waals surface area contributed by atoms with Crippen molar-refractivity contribution < 1.29 is 19.5 Å². The molecule has 0 radical (unpaired) electrons. The van der Waals surface area contributed by atoms with Crippen LogP contribution in [0.1, 0.15) is 50.8 Å². The van der Waals surface area contributed by atoms with E-state index in [-0.39, 0.29) is 24.2 Å². The van der Waals surface area contributed by atoms with Gasteiger partial charge in [-0.1, -0.05) is 44.5 Å². The summed E-state index contributed by atoms with van der Waals surface area (Å²) in [6.07, 6.45) is 4.17. The lowest BCUT2D eigenvalue weighted by Gasteiger charge is -2.32. The number of carbonyl (C=O) groups is 3. The first-order valence-electron chi connectivity index (χ1n) is 8.43. The number of carboxylic acids is 1. The molecule has 3 atom stereocenters. The summed E-state index contributed by atoms with van der Waals surface area (Å²) in [7, 11) is 0. The monoisotopic (exact) mass is 344 g/mol. The molecule has 1 aliphatic rings. The van der Waals surface area contributed by atoms with Crippen LogP contribution in [-0.2, 0) is 14.4 Å². The molecule has 2 amide bonds. The molecule has 1 aromatic rings. The zero-order chi connectivity index (χ0) is 18.6. The predicted octanol–water partition coefficient (Wildman–Crippen LogP) is 2.57. The van der Waals surface area contributed by atoms with E-state index < -0.39 is 18.1 Å². The molecule has 1 heterocycles. The second-order valence-corrected chi connectivity index (χ2v) is 6.36. The molecule has 0 spiro atoms. The molecule has 0 saturated carbocycles. The Morgan fingerprint density at radius 3 is 2.56 bits per heavy atom. The first-order valence-corrected chi connectivity index (χ1v) is 8.43. The third kappa shape index (κ3) is 4.26. The van der Waals surface area contributed by atoms with Crippen molar-refractivity contribution in [2.45, 2.75) is 45.7 Å². The summed E-state index contributed by atoms with van der Waals surface area (Å²) >= 11 is 0. The number of amides is 2. The highest BCUT2D eigenvalue weighted by Gasteiger charge is 2.31. The molecule has 0 aromatic heterocycles. The van der Waals surface area contributed by atoms with E-state index in [2.05, 4.69) is 5.32 Å². The quantitative estimate of drug-likeness (QED) is 0.830. The third-order valence-corrected chi connectivity index (χ3v) is 4.64. The van der Waals surface area contributed by atoms with E-state index in [4.69, 9.17) is 0 Å². The van der Waals surface area contributed by atoms with Gasteiger partial charge < -0.3 is 15.3 Å². The lowest BCUT2D eigenvalue weighted by atomic mass is 9.93. The number of nitrogens with one attached hydrogen (secondary N) is 1. The molecule has 3 unspecified atom stereocenters. The smallest absolute Gasteiger partial charge is 0.326 e. The molecule has 25 heavy (non-hydrogen) atoms. The summed E-state index contributed by atoms with van der Waals surface area (Å²) in [5, 5.41) is 11.9. The zero-order valence-electron chi connectivity index (χ0n) is 14.7. The van der Waals surface area contributed by atoms with Crippen LogP contribution in [0.15, 0.2) is 30.5 Å². The van der Waals surface area contributed by atoms with Crippen LogP contribution in [0.3, 0.4) is 0 Å². The Morgan fingerprint density at radius 2 is 1.96 bits per heavy atom. The summed E-state index contributed by atoms with van der Waals surface area (Å²) in [6.45, 7) is 5.12. The Kier molecular flexibility index (Phi) is 5.96. The molecule has 0 fully saturated rings. The highest BCUT2D eigenvalue weighted by Crippen LogP contribution is 2.32. The molecule has 6 nitrogen and oxygen atoms in total. The van der Waals surface area contributed by atoms with Gasteiger partial charge in [0.1, 0.15) is 6.04 Å². The Morgan fingerprint density at radius 1 is 1.28 bits per heavy atom. The van der Waals surface area contributed by atoms with Gasteiger partial charge in [-0.2, -0.15) is 0 Å². The van der Waals surface area contributed by atoms with Crippen LogP contribution >= 0.6 is 0 Å². The Labute approximate surface area is 147 Å². The van der Waals surface area contributed by atoms with Crippen LogP contribution in [0.4, 0.5) is 0 Å². The summed E-state index contributed by atoms with van der Waals surface area (Å²) in [4.78, 5) is 37.3. The molecule has 2 N–H and O–H groups in total. The van der Waals surface area contributed by atoms with Gasteiger partial charge in [0.2, 0.25) is 11.8 Å². The summed E-state index contributed by atoms with van der Waals surface area (Å²) in [5.41, 5.74) is 1.83. The number of nitrogens with zero attached hydrogens (tertiary/aromatic N) is 1. The van der Waals surface area contributed by atoms with Crippen LogP contribution < -0.4 is 5.32 Å². The predicted molar refractivity (Wildman–Crippen MR) is 94.4 cm³/mol. The first kappa shape index (κ1) is 18.7. The van der Waals surface area contributed by atoms with Gasteiger partial charge in [-0.25, -0.2) is 4.79 Å². The van der Waals surface area contributed by atoms with Gasteiger partial charge in [0, 0.05) is 13.1 Å². The summed E-state index contributed by atoms with van der Waals surface area (Å²) in [6, 6.07) is 6.19. The lowest BCUT2D eigenvalue weighted by Crippen LogP contribution is -2.46. The van der Waals surface area contributed by atoms with Gasteiger partial charge in [0.15, 0.2) is 0 Å². The van der Waals surface area contributed by atoms with Crippen LogP contribution in [0.5, 0.6) is 0 Å². The number of fused-ring (bicyclic) bond motifs is 1. The molecule has 1 aromatic carbocycles. The fraction of sp³-hybridized carbons (Fsp3) is 0.421. The highest BCUT2D eigenvalue weighted by molar-refractivity contribution is 5.85. The largest absolute Gasteiger partial charge is 0.480 e. The molecular formula is C19H24N2O4. The van der Waals surface area contributed by atoms with Gasteiger partial charge in [0.05, 0.1) is 12.5 Å². The minimum atomic E-state index is -1.05. The standard InChI is InChI=1S/C19H24N2O4/c1-4-12(2)18(19(24)25)20-17(23)11-16-15-8-6-5-7-14(15)9-10-21(16)13(3)22/h5-10,12,16,18H,4,11H2,1-3H3,(H,20,23)(H,24,25). The fourth-order valence-electron chi connectivity index (χ4n) is 3.00. The van der Waals surface area contributed by atoms with E-state index in [1.807, 2.05) is 37.3 Å². The van der Waals surface area contributed by atoms with Crippen molar-refractivity contribution in [1.29, 1.82) is 0 Å². The van der Waals surface area contributed by atoms with Crippen LogP contribution in [-0.4, -0.2) is 33.8 Å². The molecule has 0 bridgehead atoms. The van der Waals surface area contributed by atoms with Gasteiger partial charge in [-0.15, -0.1) is 0 Å². The van der Waals surface area contributed by atoms with E-state index in [0.29, 0.717) is 6.42 Å². The minimum absolute atomic E-state index is 0.0150. The van der Waals surface area contributed by atoms with Crippen molar-refractivity contribution in [3.8, 4) is 0 Å². The fourth-order valence-corrected chi connectivity index (χ4v) is 3.00. The first-order chi connectivity index (χ1) is 11.8. The number of hydrogen-bond donors (Lipinski definition) is 2. The number of hydrogen-bond acceptors (Lipinski definition) is 3. The second-order valence-electron chi connectivity index (χ2n) is 6.36. The molecular weight excluding hydrogens is 320 g/mol. The van der Waals surface area contributed by atoms with Crippen LogP contribution in [0, 0.1) is 5.92 Å². The van der Waals surface area contributed by atoms with Gasteiger partial charge >= 0.3 is 5.97 Å². The van der Waals surface area contributed by atoms with E-state index in [1.165, 1.54) is 11.8 Å². The molecule has 134 valence electrons. The second kappa shape index (κ2) is 7.96. The van der Waals surface area contributed by atoms with Crippen molar-refractivity contribution in [2.24, 2.45) is 5.92 Å². The van der Waals surface area contributed by atoms with Crippen molar-refractivity contribution in [1.82, 2.24) is 10.2 Å². The van der Waals surface area contributed by atoms with E-state index in [9.17, 15) is 19.5 Å². The van der Waals surface area contributed by atoms with E-state index in [1.54, 1.807) is 13.1 Å². The third-order valence-electron chi connectivity index (χ3n) is 4.64. The molecule has 0 aliphatic carbocycles. The SMILES string of the molecule is CCC(C)C(NC(=O)CC1c2ccccc2C=CN1C(C)=O)C(=O)O. The van der Waals surface area contributed by atoms with Crippen LogP contribution in [0.2, 0.25) is 0 Å². The number of carboxylic acid groups (broad SMARTS) is 1. The summed E-state index contributed by atoms with van der Waals surface area (Å²) in [5.74, 6) is -1.77. The van der Waals surface area contributed by atoms with Gasteiger partial charge in [-0.05, 0) is 23.1 Å². The summed E-state index contributed by atoms with van der Waals surface area (Å²) < 4.78 is 0. The normalized spacial score (nSPS) is 18.2. The zero-order valence-corrected chi connectivity index (χ0v) is 14.7. The van der Waals surface area contributed by atoms with Crippen molar-refractivity contribution in [3.05, 3.63) is 41.6 Å². The maximum Gasteiger partial charge on any atom is 0.326 e. The maximum atomic E-state index is 12.5. The molecule has 1 aliphatic heterocycles. The Balaban J connectivity index is 2.20. The average molecular weight is 344 g/mol. The number of rotatable bonds is 6. The minimum Gasteiger partial charge on any atom is -0.480 e. The molecule has 2 rings (SSSR count). The van der Waals surface area contributed by atoms with Crippen molar-refractivity contribution in [2.75, 3.05) is 0 Å². The van der Waals surface area contributed by atoms with Crippen LogP contribution in [0.25, 0.3) is 6.08 Å². The highest BCUT2D eigenvalue weighted by atomic mass is 16.4. The molecule has 6 heteroatoms. The van der Waals surface area contributed by atoms with Gasteiger partial charge in [0.25, 0.3) is 0 Å². The topological polar surface area (TPSA) is 86.7 Å². The van der Waals surface area contributed by atoms with Gasteiger partial charge in [-0.3, -0.25) is 9.59 Å². The average Bonchev–Trinajstić information content (AvgIpc) is 2.58. The van der Waals surface area contributed by atoms with E-state index >= 15 is 0 Å². The number of carbonyl (C=O) groups excluding carboxylic acids is 2. The lowest BCUT2D eigenvalue weighted by molar-refractivity contribution is -0.143. The maximum absolute atomic E-state index is 12.5. The molecule has 0 saturated heterocycles. The Hall–Kier alpha value is -2.63. The van der Waals surface area contributed by atoms with Crippen molar-refractivity contribution >= 4 is 23.9 Å². The Bertz CT molecular complexity index is 698.